The molecule has 2 saturated heterocycles. The Labute approximate surface area is 186 Å². The first-order valence-corrected chi connectivity index (χ1v) is 11.1. The first-order valence-electron chi connectivity index (χ1n) is 11.1. The molecule has 0 aliphatic carbocycles. The van der Waals surface area contributed by atoms with Crippen LogP contribution >= 0.6 is 0 Å². The third kappa shape index (κ3) is 5.07. The number of nitrogens with zero attached hydrogens (tertiary/aromatic N) is 3. The Hall–Kier alpha value is -2.19. The van der Waals surface area contributed by atoms with Crippen molar-refractivity contribution in [3.05, 3.63) is 59.0 Å². The van der Waals surface area contributed by atoms with E-state index in [1.807, 2.05) is 18.0 Å². The standard InChI is InChI=1S/C24H29F4N3O/c1-30-12-8-23(9-13-30,20-6-2-3-7-21(20)25)17-32-16-19-14-18(24(26,27)28)15-22(29-19)31-10-4-5-11-31/h2-3,6-7,14-15H,4-5,8-13,16-17H2,1H3. The summed E-state index contributed by atoms with van der Waals surface area (Å²) >= 11 is 0. The zero-order chi connectivity index (χ0) is 22.8. The molecule has 2 aromatic rings. The van der Waals surface area contributed by atoms with Crippen molar-refractivity contribution in [2.24, 2.45) is 0 Å². The van der Waals surface area contributed by atoms with E-state index in [0.717, 1.165) is 50.9 Å². The number of anilines is 1. The molecule has 2 aliphatic rings. The van der Waals surface area contributed by atoms with Crippen LogP contribution in [-0.4, -0.2) is 49.7 Å². The molecule has 0 spiro atoms. The average Bonchev–Trinajstić information content (AvgIpc) is 3.30. The van der Waals surface area contributed by atoms with Crippen LogP contribution in [0.3, 0.4) is 0 Å². The molecule has 0 atom stereocenters. The minimum atomic E-state index is -4.45. The maximum atomic E-state index is 14.7. The van der Waals surface area contributed by atoms with E-state index >= 15 is 0 Å². The highest BCUT2D eigenvalue weighted by Crippen LogP contribution is 2.38. The minimum Gasteiger partial charge on any atom is -0.374 e. The molecule has 0 amide bonds. The lowest BCUT2D eigenvalue weighted by Crippen LogP contribution is -2.44. The summed E-state index contributed by atoms with van der Waals surface area (Å²) in [6, 6.07) is 8.89. The fourth-order valence-corrected chi connectivity index (χ4v) is 4.70. The fraction of sp³-hybridized carbons (Fsp3) is 0.542. The molecule has 32 heavy (non-hydrogen) atoms. The smallest absolute Gasteiger partial charge is 0.374 e. The van der Waals surface area contributed by atoms with Gasteiger partial charge in [-0.05, 0) is 69.6 Å². The van der Waals surface area contributed by atoms with E-state index in [1.54, 1.807) is 12.1 Å². The second-order valence-electron chi connectivity index (χ2n) is 8.95. The molecule has 2 fully saturated rings. The molecule has 4 rings (SSSR count). The number of halogens is 4. The Bertz CT molecular complexity index is 920. The number of likely N-dealkylation sites (tertiary alicyclic amines) is 1. The van der Waals surface area contributed by atoms with Crippen molar-refractivity contribution in [1.82, 2.24) is 9.88 Å². The van der Waals surface area contributed by atoms with E-state index in [-0.39, 0.29) is 24.7 Å². The van der Waals surface area contributed by atoms with Crippen molar-refractivity contribution in [2.75, 3.05) is 44.7 Å². The maximum Gasteiger partial charge on any atom is 0.416 e. The molecule has 1 aromatic carbocycles. The van der Waals surface area contributed by atoms with Crippen molar-refractivity contribution in [1.29, 1.82) is 0 Å². The van der Waals surface area contributed by atoms with Crippen LogP contribution in [0.5, 0.6) is 0 Å². The second-order valence-corrected chi connectivity index (χ2v) is 8.95. The van der Waals surface area contributed by atoms with Crippen LogP contribution in [-0.2, 0) is 22.9 Å². The largest absolute Gasteiger partial charge is 0.416 e. The van der Waals surface area contributed by atoms with Gasteiger partial charge in [-0.25, -0.2) is 9.37 Å². The van der Waals surface area contributed by atoms with Gasteiger partial charge in [-0.15, -0.1) is 0 Å². The quantitative estimate of drug-likeness (QED) is 0.577. The molecule has 0 saturated carbocycles. The first-order chi connectivity index (χ1) is 15.3. The second kappa shape index (κ2) is 9.35. The molecule has 1 aromatic heterocycles. The number of ether oxygens (including phenoxy) is 1. The first kappa shape index (κ1) is 23.0. The normalized spacial score (nSPS) is 19.5. The number of rotatable bonds is 6. The van der Waals surface area contributed by atoms with Gasteiger partial charge in [0, 0.05) is 18.5 Å². The van der Waals surface area contributed by atoms with Crippen LogP contribution in [0.2, 0.25) is 0 Å². The molecular formula is C24H29F4N3O. The predicted octanol–water partition coefficient (Wildman–Crippen LogP) is 5.02. The van der Waals surface area contributed by atoms with Crippen molar-refractivity contribution in [3.8, 4) is 0 Å². The lowest BCUT2D eigenvalue weighted by molar-refractivity contribution is -0.137. The Morgan fingerprint density at radius 1 is 1.03 bits per heavy atom. The molecule has 0 bridgehead atoms. The summed E-state index contributed by atoms with van der Waals surface area (Å²) in [6.07, 6.45) is -1.11. The molecular weight excluding hydrogens is 422 g/mol. The summed E-state index contributed by atoms with van der Waals surface area (Å²) in [6.45, 7) is 3.21. The third-order valence-electron chi connectivity index (χ3n) is 6.64. The monoisotopic (exact) mass is 451 g/mol. The minimum absolute atomic E-state index is 0.0448. The van der Waals surface area contributed by atoms with Gasteiger partial charge >= 0.3 is 6.18 Å². The molecule has 3 heterocycles. The molecule has 8 heteroatoms. The third-order valence-corrected chi connectivity index (χ3v) is 6.64. The van der Waals surface area contributed by atoms with Crippen LogP contribution < -0.4 is 4.90 Å². The average molecular weight is 452 g/mol. The molecule has 0 N–H and O–H groups in total. The zero-order valence-corrected chi connectivity index (χ0v) is 18.3. The van der Waals surface area contributed by atoms with E-state index in [0.29, 0.717) is 24.5 Å². The number of aromatic nitrogens is 1. The molecule has 2 aliphatic heterocycles. The van der Waals surface area contributed by atoms with Gasteiger partial charge < -0.3 is 14.5 Å². The summed E-state index contributed by atoms with van der Waals surface area (Å²) < 4.78 is 61.1. The van der Waals surface area contributed by atoms with Crippen LogP contribution in [0.4, 0.5) is 23.4 Å². The van der Waals surface area contributed by atoms with E-state index in [2.05, 4.69) is 9.88 Å². The Balaban J connectivity index is 1.54. The van der Waals surface area contributed by atoms with Gasteiger partial charge in [0.25, 0.3) is 0 Å². The SMILES string of the molecule is CN1CCC(COCc2cc(C(F)(F)F)cc(N3CCCC3)n2)(c2ccccc2F)CC1. The van der Waals surface area contributed by atoms with Crippen molar-refractivity contribution >= 4 is 5.82 Å². The lowest BCUT2D eigenvalue weighted by atomic mass is 9.73. The van der Waals surface area contributed by atoms with Crippen molar-refractivity contribution in [2.45, 2.75) is 43.9 Å². The lowest BCUT2D eigenvalue weighted by Gasteiger charge is -2.41. The van der Waals surface area contributed by atoms with Crippen molar-refractivity contribution < 1.29 is 22.3 Å². The summed E-state index contributed by atoms with van der Waals surface area (Å²) in [5.74, 6) is 0.0770. The van der Waals surface area contributed by atoms with Gasteiger partial charge in [-0.2, -0.15) is 13.2 Å². The fourth-order valence-electron chi connectivity index (χ4n) is 4.70. The van der Waals surface area contributed by atoms with Gasteiger partial charge in [-0.3, -0.25) is 0 Å². The van der Waals surface area contributed by atoms with Gasteiger partial charge in [-0.1, -0.05) is 18.2 Å². The van der Waals surface area contributed by atoms with Gasteiger partial charge in [0.1, 0.15) is 11.6 Å². The molecule has 4 nitrogen and oxygen atoms in total. The Kier molecular flexibility index (Phi) is 6.72. The number of hydrogen-bond acceptors (Lipinski definition) is 4. The molecule has 0 unspecified atom stereocenters. The number of hydrogen-bond donors (Lipinski definition) is 0. The predicted molar refractivity (Wildman–Crippen MR) is 115 cm³/mol. The van der Waals surface area contributed by atoms with Gasteiger partial charge in [0.2, 0.25) is 0 Å². The van der Waals surface area contributed by atoms with Crippen molar-refractivity contribution in [3.63, 3.8) is 0 Å². The van der Waals surface area contributed by atoms with Crippen LogP contribution in [0.1, 0.15) is 42.5 Å². The number of piperidine rings is 1. The topological polar surface area (TPSA) is 28.6 Å². The zero-order valence-electron chi connectivity index (χ0n) is 18.3. The Morgan fingerprint density at radius 3 is 2.38 bits per heavy atom. The number of benzene rings is 1. The summed E-state index contributed by atoms with van der Waals surface area (Å²) in [5, 5.41) is 0. The highest BCUT2D eigenvalue weighted by atomic mass is 19.4. The highest BCUT2D eigenvalue weighted by Gasteiger charge is 2.38. The van der Waals surface area contributed by atoms with Crippen LogP contribution in [0.15, 0.2) is 36.4 Å². The Morgan fingerprint density at radius 2 is 1.72 bits per heavy atom. The van der Waals surface area contributed by atoms with Gasteiger partial charge in [0.05, 0.1) is 24.5 Å². The summed E-state index contributed by atoms with van der Waals surface area (Å²) in [5.41, 5.74) is -0.352. The highest BCUT2D eigenvalue weighted by molar-refractivity contribution is 5.44. The molecule has 0 radical (unpaired) electrons. The van der Waals surface area contributed by atoms with E-state index in [1.165, 1.54) is 6.07 Å². The van der Waals surface area contributed by atoms with E-state index in [4.69, 9.17) is 4.74 Å². The number of alkyl halides is 3. The summed E-state index contributed by atoms with van der Waals surface area (Å²) in [7, 11) is 2.03. The van der Waals surface area contributed by atoms with E-state index in [9.17, 15) is 17.6 Å². The van der Waals surface area contributed by atoms with Crippen LogP contribution in [0.25, 0.3) is 0 Å². The number of pyridine rings is 1. The van der Waals surface area contributed by atoms with Crippen LogP contribution in [0, 0.1) is 5.82 Å². The summed E-state index contributed by atoms with van der Waals surface area (Å²) in [4.78, 5) is 8.53. The van der Waals surface area contributed by atoms with E-state index < -0.39 is 17.2 Å². The maximum absolute atomic E-state index is 14.7. The van der Waals surface area contributed by atoms with Gasteiger partial charge in [0.15, 0.2) is 0 Å². The molecule has 174 valence electrons.